The highest BCUT2D eigenvalue weighted by Crippen LogP contribution is 2.23. The van der Waals surface area contributed by atoms with Gasteiger partial charge in [-0.15, -0.1) is 0 Å². The molecular formula is C18H24N2O4S2. The zero-order valence-corrected chi connectivity index (χ0v) is 17.0. The van der Waals surface area contributed by atoms with Crippen molar-refractivity contribution in [3.05, 3.63) is 59.2 Å². The molecule has 0 aromatic heterocycles. The average molecular weight is 397 g/mol. The zero-order valence-electron chi connectivity index (χ0n) is 15.4. The van der Waals surface area contributed by atoms with E-state index in [0.29, 0.717) is 5.69 Å². The molecular weight excluding hydrogens is 372 g/mol. The van der Waals surface area contributed by atoms with E-state index in [1.807, 2.05) is 32.9 Å². The van der Waals surface area contributed by atoms with Crippen LogP contribution in [0.25, 0.3) is 0 Å². The molecule has 0 spiro atoms. The maximum Gasteiger partial charge on any atom is 0.240 e. The molecule has 0 heterocycles. The SMILES string of the molecule is Cc1ccc(S(=O)(=O)NCCN(c2cc(C)ccc2C)S(C)(=O)=O)cc1. The molecule has 0 saturated carbocycles. The van der Waals surface area contributed by atoms with Crippen LogP contribution in [-0.4, -0.2) is 36.2 Å². The van der Waals surface area contributed by atoms with Crippen molar-refractivity contribution in [2.45, 2.75) is 25.7 Å². The van der Waals surface area contributed by atoms with Crippen molar-refractivity contribution in [1.82, 2.24) is 4.72 Å². The van der Waals surface area contributed by atoms with Gasteiger partial charge in [0.15, 0.2) is 0 Å². The van der Waals surface area contributed by atoms with Crippen molar-refractivity contribution in [2.24, 2.45) is 0 Å². The van der Waals surface area contributed by atoms with Crippen LogP contribution in [-0.2, 0) is 20.0 Å². The van der Waals surface area contributed by atoms with E-state index in [1.54, 1.807) is 18.2 Å². The third-order valence-corrected chi connectivity index (χ3v) is 6.63. The summed E-state index contributed by atoms with van der Waals surface area (Å²) in [5.74, 6) is 0. The van der Waals surface area contributed by atoms with Gasteiger partial charge in [0.2, 0.25) is 20.0 Å². The first-order chi connectivity index (χ1) is 12.0. The van der Waals surface area contributed by atoms with E-state index in [2.05, 4.69) is 4.72 Å². The first-order valence-corrected chi connectivity index (χ1v) is 11.5. The fourth-order valence-electron chi connectivity index (χ4n) is 2.54. The fourth-order valence-corrected chi connectivity index (χ4v) is 4.53. The predicted octanol–water partition coefficient (Wildman–Crippen LogP) is 2.36. The summed E-state index contributed by atoms with van der Waals surface area (Å²) in [4.78, 5) is 0.153. The quantitative estimate of drug-likeness (QED) is 0.779. The van der Waals surface area contributed by atoms with Crippen molar-refractivity contribution in [2.75, 3.05) is 23.7 Å². The van der Waals surface area contributed by atoms with E-state index in [9.17, 15) is 16.8 Å². The van der Waals surface area contributed by atoms with Crippen molar-refractivity contribution in [1.29, 1.82) is 0 Å². The highest BCUT2D eigenvalue weighted by molar-refractivity contribution is 7.92. The van der Waals surface area contributed by atoms with Gasteiger partial charge < -0.3 is 0 Å². The smallest absolute Gasteiger partial charge is 0.240 e. The van der Waals surface area contributed by atoms with Gasteiger partial charge in [-0.05, 0) is 50.1 Å². The molecule has 0 aliphatic carbocycles. The Morgan fingerprint density at radius 2 is 1.46 bits per heavy atom. The van der Waals surface area contributed by atoms with Gasteiger partial charge in [-0.3, -0.25) is 4.31 Å². The Morgan fingerprint density at radius 3 is 2.04 bits per heavy atom. The van der Waals surface area contributed by atoms with Gasteiger partial charge in [-0.1, -0.05) is 29.8 Å². The Bertz CT molecular complexity index is 982. The first-order valence-electron chi connectivity index (χ1n) is 8.12. The van der Waals surface area contributed by atoms with Gasteiger partial charge in [-0.25, -0.2) is 21.6 Å². The minimum atomic E-state index is -3.69. The van der Waals surface area contributed by atoms with Crippen LogP contribution >= 0.6 is 0 Å². The lowest BCUT2D eigenvalue weighted by molar-refractivity contribution is 0.578. The van der Waals surface area contributed by atoms with E-state index >= 15 is 0 Å². The van der Waals surface area contributed by atoms with Gasteiger partial charge in [0, 0.05) is 13.1 Å². The van der Waals surface area contributed by atoms with Crippen LogP contribution in [0.1, 0.15) is 16.7 Å². The van der Waals surface area contributed by atoms with Crippen LogP contribution in [0.15, 0.2) is 47.4 Å². The van der Waals surface area contributed by atoms with E-state index in [4.69, 9.17) is 0 Å². The minimum Gasteiger partial charge on any atom is -0.269 e. The predicted molar refractivity (Wildman–Crippen MR) is 104 cm³/mol. The van der Waals surface area contributed by atoms with Gasteiger partial charge in [0.25, 0.3) is 0 Å². The second-order valence-corrected chi connectivity index (χ2v) is 10.0. The summed E-state index contributed by atoms with van der Waals surface area (Å²) < 4.78 is 52.8. The molecule has 0 atom stereocenters. The van der Waals surface area contributed by atoms with Gasteiger partial charge in [0.1, 0.15) is 0 Å². The molecule has 0 unspecified atom stereocenters. The van der Waals surface area contributed by atoms with E-state index in [1.165, 1.54) is 16.4 Å². The average Bonchev–Trinajstić information content (AvgIpc) is 2.53. The van der Waals surface area contributed by atoms with E-state index < -0.39 is 20.0 Å². The molecule has 142 valence electrons. The van der Waals surface area contributed by atoms with Gasteiger partial charge in [0.05, 0.1) is 16.8 Å². The summed E-state index contributed by atoms with van der Waals surface area (Å²) in [5, 5.41) is 0. The van der Waals surface area contributed by atoms with Crippen molar-refractivity contribution < 1.29 is 16.8 Å². The maximum absolute atomic E-state index is 12.4. The topological polar surface area (TPSA) is 83.6 Å². The Balaban J connectivity index is 2.18. The third kappa shape index (κ3) is 5.06. The Hall–Kier alpha value is -1.90. The molecule has 0 saturated heterocycles. The normalized spacial score (nSPS) is 12.2. The van der Waals surface area contributed by atoms with E-state index in [-0.39, 0.29) is 18.0 Å². The molecule has 2 rings (SSSR count). The molecule has 26 heavy (non-hydrogen) atoms. The number of anilines is 1. The molecule has 2 aromatic rings. The molecule has 0 radical (unpaired) electrons. The number of hydrogen-bond donors (Lipinski definition) is 1. The Kier molecular flexibility index (Phi) is 6.10. The minimum absolute atomic E-state index is 0.00815. The number of hydrogen-bond acceptors (Lipinski definition) is 4. The van der Waals surface area contributed by atoms with Crippen LogP contribution in [0.4, 0.5) is 5.69 Å². The standard InChI is InChI=1S/C18H24N2O4S2/c1-14-6-9-17(10-7-14)26(23,24)19-11-12-20(25(4,21)22)18-13-15(2)5-8-16(18)3/h5-10,13,19H,11-12H2,1-4H3. The molecule has 0 bridgehead atoms. The number of benzene rings is 2. The monoisotopic (exact) mass is 396 g/mol. The first kappa shape index (κ1) is 20.4. The zero-order chi connectivity index (χ0) is 19.5. The van der Waals surface area contributed by atoms with Crippen LogP contribution in [0.2, 0.25) is 0 Å². The maximum atomic E-state index is 12.4. The van der Waals surface area contributed by atoms with Crippen LogP contribution < -0.4 is 9.03 Å². The number of rotatable bonds is 7. The molecule has 0 fully saturated rings. The molecule has 0 amide bonds. The molecule has 0 aliphatic heterocycles. The number of sulfonamides is 2. The van der Waals surface area contributed by atoms with Crippen LogP contribution in [0.5, 0.6) is 0 Å². The number of nitrogens with zero attached hydrogens (tertiary/aromatic N) is 1. The van der Waals surface area contributed by atoms with Gasteiger partial charge in [-0.2, -0.15) is 0 Å². The Labute approximate surface area is 156 Å². The summed E-state index contributed by atoms with van der Waals surface area (Å²) in [6.07, 6.45) is 1.11. The van der Waals surface area contributed by atoms with Gasteiger partial charge >= 0.3 is 0 Å². The molecule has 1 N–H and O–H groups in total. The summed E-state index contributed by atoms with van der Waals surface area (Å²) in [6.45, 7) is 5.55. The van der Waals surface area contributed by atoms with Crippen LogP contribution in [0, 0.1) is 20.8 Å². The largest absolute Gasteiger partial charge is 0.269 e. The second-order valence-electron chi connectivity index (χ2n) is 6.34. The summed E-state index contributed by atoms with van der Waals surface area (Å²) in [7, 11) is -7.24. The number of aryl methyl sites for hydroxylation is 3. The summed E-state index contributed by atoms with van der Waals surface area (Å²) in [6, 6.07) is 12.0. The lowest BCUT2D eigenvalue weighted by Gasteiger charge is -2.24. The van der Waals surface area contributed by atoms with Crippen molar-refractivity contribution in [3.8, 4) is 0 Å². The lowest BCUT2D eigenvalue weighted by Crippen LogP contribution is -2.38. The fraction of sp³-hybridized carbons (Fsp3) is 0.333. The highest BCUT2D eigenvalue weighted by Gasteiger charge is 2.21. The van der Waals surface area contributed by atoms with Crippen molar-refractivity contribution in [3.63, 3.8) is 0 Å². The van der Waals surface area contributed by atoms with E-state index in [0.717, 1.165) is 22.9 Å². The Morgan fingerprint density at radius 1 is 0.885 bits per heavy atom. The third-order valence-electron chi connectivity index (χ3n) is 3.97. The molecule has 8 heteroatoms. The molecule has 2 aromatic carbocycles. The van der Waals surface area contributed by atoms with Crippen LogP contribution in [0.3, 0.4) is 0 Å². The summed E-state index contributed by atoms with van der Waals surface area (Å²) >= 11 is 0. The van der Waals surface area contributed by atoms with Crippen molar-refractivity contribution >= 4 is 25.7 Å². The molecule has 6 nitrogen and oxygen atoms in total. The lowest BCUT2D eigenvalue weighted by atomic mass is 10.1. The number of nitrogens with one attached hydrogen (secondary N) is 1. The highest BCUT2D eigenvalue weighted by atomic mass is 32.2. The second kappa shape index (κ2) is 7.77. The summed E-state index contributed by atoms with van der Waals surface area (Å²) in [5.41, 5.74) is 3.26. The molecule has 0 aliphatic rings.